The molecule has 1 aromatic rings. The number of benzene rings is 1. The Morgan fingerprint density at radius 3 is 2.71 bits per heavy atom. The molecule has 3 nitrogen and oxygen atoms in total. The second-order valence-corrected chi connectivity index (χ2v) is 6.65. The van der Waals surface area contributed by atoms with Crippen molar-refractivity contribution in [3.8, 4) is 0 Å². The van der Waals surface area contributed by atoms with Gasteiger partial charge in [0.25, 0.3) is 0 Å². The van der Waals surface area contributed by atoms with Crippen molar-refractivity contribution >= 4 is 21.4 Å². The normalized spacial score (nSPS) is 13.6. The highest BCUT2D eigenvalue weighted by atomic mass is 35.5. The fourth-order valence-corrected chi connectivity index (χ4v) is 2.70. The summed E-state index contributed by atoms with van der Waals surface area (Å²) in [6.45, 7) is 2.10. The number of sulfone groups is 1. The van der Waals surface area contributed by atoms with Crippen molar-refractivity contribution in [2.75, 3.05) is 12.0 Å². The van der Waals surface area contributed by atoms with E-state index < -0.39 is 15.7 Å². The molecule has 0 fully saturated rings. The Labute approximate surface area is 106 Å². The van der Waals surface area contributed by atoms with Crippen LogP contribution in [0.25, 0.3) is 0 Å². The third-order valence-corrected chi connectivity index (χ3v) is 3.75. The first kappa shape index (κ1) is 14.4. The molecule has 1 aromatic carbocycles. The van der Waals surface area contributed by atoms with Crippen LogP contribution in [0.2, 0.25) is 5.02 Å². The zero-order valence-electron chi connectivity index (χ0n) is 9.70. The predicted molar refractivity (Wildman–Crippen MR) is 67.4 cm³/mol. The van der Waals surface area contributed by atoms with Gasteiger partial charge in [0.15, 0.2) is 0 Å². The lowest BCUT2D eigenvalue weighted by molar-refractivity contribution is 0.557. The van der Waals surface area contributed by atoms with Crippen molar-refractivity contribution in [2.45, 2.75) is 19.5 Å². The molecule has 96 valence electrons. The molecule has 0 saturated heterocycles. The van der Waals surface area contributed by atoms with Crippen LogP contribution in [-0.4, -0.2) is 26.5 Å². The van der Waals surface area contributed by atoms with Crippen molar-refractivity contribution in [1.82, 2.24) is 5.32 Å². The third kappa shape index (κ3) is 5.02. The lowest BCUT2D eigenvalue weighted by Crippen LogP contribution is -2.32. The first-order valence-electron chi connectivity index (χ1n) is 5.13. The Morgan fingerprint density at radius 1 is 1.47 bits per heavy atom. The number of rotatable bonds is 5. The summed E-state index contributed by atoms with van der Waals surface area (Å²) in [6, 6.07) is 4.35. The van der Waals surface area contributed by atoms with E-state index in [0.29, 0.717) is 12.1 Å². The highest BCUT2D eigenvalue weighted by Gasteiger charge is 2.11. The molecule has 0 spiro atoms. The average molecular weight is 280 g/mol. The summed E-state index contributed by atoms with van der Waals surface area (Å²) in [5, 5.41) is 3.07. The van der Waals surface area contributed by atoms with Gasteiger partial charge < -0.3 is 5.32 Å². The van der Waals surface area contributed by atoms with Crippen molar-refractivity contribution in [1.29, 1.82) is 0 Å². The minimum atomic E-state index is -3.02. The van der Waals surface area contributed by atoms with Crippen LogP contribution >= 0.6 is 11.6 Å². The molecule has 0 radical (unpaired) electrons. The van der Waals surface area contributed by atoms with E-state index in [9.17, 15) is 12.8 Å². The molecule has 0 heterocycles. The van der Waals surface area contributed by atoms with Gasteiger partial charge in [0.05, 0.1) is 10.8 Å². The van der Waals surface area contributed by atoms with Gasteiger partial charge in [-0.2, -0.15) is 0 Å². The van der Waals surface area contributed by atoms with Crippen LogP contribution < -0.4 is 5.32 Å². The Hall–Kier alpha value is -0.650. The van der Waals surface area contributed by atoms with Gasteiger partial charge in [0, 0.05) is 18.8 Å². The first-order chi connectivity index (χ1) is 7.79. The van der Waals surface area contributed by atoms with E-state index >= 15 is 0 Å². The lowest BCUT2D eigenvalue weighted by Gasteiger charge is -2.13. The molecule has 1 rings (SSSR count). The second-order valence-electron chi connectivity index (χ2n) is 4.09. The SMILES string of the molecule is CC(CS(C)(=O)=O)NCc1cccc(F)c1Cl. The number of halogens is 2. The molecule has 6 heteroatoms. The predicted octanol–water partition coefficient (Wildman–Crippen LogP) is 2.00. The summed E-state index contributed by atoms with van der Waals surface area (Å²) in [7, 11) is -3.02. The summed E-state index contributed by atoms with van der Waals surface area (Å²) in [5.74, 6) is -0.429. The quantitative estimate of drug-likeness (QED) is 0.897. The number of nitrogens with one attached hydrogen (secondary N) is 1. The van der Waals surface area contributed by atoms with E-state index in [-0.39, 0.29) is 16.8 Å². The van der Waals surface area contributed by atoms with E-state index in [2.05, 4.69) is 5.32 Å². The number of hydrogen-bond acceptors (Lipinski definition) is 3. The number of hydrogen-bond donors (Lipinski definition) is 1. The zero-order valence-corrected chi connectivity index (χ0v) is 11.3. The summed E-state index contributed by atoms with van der Waals surface area (Å²) < 4.78 is 35.2. The monoisotopic (exact) mass is 279 g/mol. The highest BCUT2D eigenvalue weighted by Crippen LogP contribution is 2.19. The summed E-state index contributed by atoms with van der Waals surface area (Å²) in [5.41, 5.74) is 0.618. The maximum Gasteiger partial charge on any atom is 0.148 e. The van der Waals surface area contributed by atoms with E-state index in [4.69, 9.17) is 11.6 Å². The van der Waals surface area contributed by atoms with Gasteiger partial charge in [-0.3, -0.25) is 0 Å². The molecule has 0 saturated carbocycles. The molecule has 0 bridgehead atoms. The molecule has 0 aliphatic rings. The Balaban J connectivity index is 2.59. The zero-order chi connectivity index (χ0) is 13.1. The van der Waals surface area contributed by atoms with E-state index in [1.807, 2.05) is 0 Å². The molecule has 1 unspecified atom stereocenters. The van der Waals surface area contributed by atoms with E-state index in [1.165, 1.54) is 12.3 Å². The van der Waals surface area contributed by atoms with Gasteiger partial charge in [-0.05, 0) is 18.6 Å². The van der Waals surface area contributed by atoms with Gasteiger partial charge >= 0.3 is 0 Å². The molecule has 17 heavy (non-hydrogen) atoms. The van der Waals surface area contributed by atoms with Gasteiger partial charge in [0.2, 0.25) is 0 Å². The van der Waals surface area contributed by atoms with Crippen molar-refractivity contribution in [3.05, 3.63) is 34.6 Å². The second kappa shape index (κ2) is 5.80. The molecule has 0 aliphatic carbocycles. The molecule has 1 atom stereocenters. The fourth-order valence-electron chi connectivity index (χ4n) is 1.48. The van der Waals surface area contributed by atoms with Crippen LogP contribution in [0.5, 0.6) is 0 Å². The Morgan fingerprint density at radius 2 is 2.12 bits per heavy atom. The molecule has 1 N–H and O–H groups in total. The van der Waals surface area contributed by atoms with Crippen molar-refractivity contribution in [3.63, 3.8) is 0 Å². The maximum absolute atomic E-state index is 13.1. The standard InChI is InChI=1S/C11H15ClFNO2S/c1-8(7-17(2,15)16)14-6-9-4-3-5-10(13)11(9)12/h3-5,8,14H,6-7H2,1-2H3. The van der Waals surface area contributed by atoms with Crippen LogP contribution in [0.15, 0.2) is 18.2 Å². The summed E-state index contributed by atoms with van der Waals surface area (Å²) >= 11 is 5.78. The third-order valence-electron chi connectivity index (χ3n) is 2.23. The van der Waals surface area contributed by atoms with E-state index in [0.717, 1.165) is 0 Å². The van der Waals surface area contributed by atoms with Crippen LogP contribution in [0.3, 0.4) is 0 Å². The molecule has 0 aromatic heterocycles. The van der Waals surface area contributed by atoms with Gasteiger partial charge in [-0.25, -0.2) is 12.8 Å². The van der Waals surface area contributed by atoms with Crippen LogP contribution in [0, 0.1) is 5.82 Å². The minimum absolute atomic E-state index is 0.0416. The molecular weight excluding hydrogens is 265 g/mol. The van der Waals surface area contributed by atoms with Crippen LogP contribution in [0.4, 0.5) is 4.39 Å². The Kier molecular flexibility index (Phi) is 4.91. The first-order valence-corrected chi connectivity index (χ1v) is 7.57. The molecule has 0 amide bonds. The maximum atomic E-state index is 13.1. The van der Waals surface area contributed by atoms with Crippen molar-refractivity contribution < 1.29 is 12.8 Å². The van der Waals surface area contributed by atoms with Crippen LogP contribution in [0.1, 0.15) is 12.5 Å². The highest BCUT2D eigenvalue weighted by molar-refractivity contribution is 7.90. The molecular formula is C11H15ClFNO2S. The smallest absolute Gasteiger partial charge is 0.148 e. The van der Waals surface area contributed by atoms with Gasteiger partial charge in [-0.1, -0.05) is 23.7 Å². The summed E-state index contributed by atoms with van der Waals surface area (Å²) in [6.07, 6.45) is 1.18. The lowest BCUT2D eigenvalue weighted by atomic mass is 10.2. The molecule has 0 aliphatic heterocycles. The van der Waals surface area contributed by atoms with E-state index in [1.54, 1.807) is 19.1 Å². The Bertz CT molecular complexity index is 490. The van der Waals surface area contributed by atoms with Gasteiger partial charge in [0.1, 0.15) is 15.7 Å². The topological polar surface area (TPSA) is 46.2 Å². The fraction of sp³-hybridized carbons (Fsp3) is 0.455. The largest absolute Gasteiger partial charge is 0.309 e. The minimum Gasteiger partial charge on any atom is -0.309 e. The van der Waals surface area contributed by atoms with Gasteiger partial charge in [-0.15, -0.1) is 0 Å². The summed E-state index contributed by atoms with van der Waals surface area (Å²) in [4.78, 5) is 0. The van der Waals surface area contributed by atoms with Crippen molar-refractivity contribution in [2.24, 2.45) is 0 Å². The van der Waals surface area contributed by atoms with Crippen LogP contribution in [-0.2, 0) is 16.4 Å². The average Bonchev–Trinajstić information content (AvgIpc) is 2.18.